The zero-order chi connectivity index (χ0) is 13.7. The number of hydrogen-bond donors (Lipinski definition) is 1. The summed E-state index contributed by atoms with van der Waals surface area (Å²) in [5.41, 5.74) is 3.24. The van der Waals surface area contributed by atoms with Gasteiger partial charge in [-0.3, -0.25) is 0 Å². The van der Waals surface area contributed by atoms with E-state index in [1.54, 1.807) is 0 Å². The maximum absolute atomic E-state index is 3.58. The van der Waals surface area contributed by atoms with E-state index in [-0.39, 0.29) is 0 Å². The summed E-state index contributed by atoms with van der Waals surface area (Å²) < 4.78 is 0. The van der Waals surface area contributed by atoms with Crippen molar-refractivity contribution in [3.63, 3.8) is 0 Å². The lowest BCUT2D eigenvalue weighted by molar-refractivity contribution is 0.125. The zero-order valence-corrected chi connectivity index (χ0v) is 12.7. The molecular weight excluding hydrogens is 232 g/mol. The van der Waals surface area contributed by atoms with E-state index in [9.17, 15) is 0 Å². The van der Waals surface area contributed by atoms with Gasteiger partial charge < -0.3 is 10.2 Å². The molecule has 1 aliphatic rings. The Balaban J connectivity index is 1.92. The summed E-state index contributed by atoms with van der Waals surface area (Å²) in [5, 5.41) is 3.58. The largest absolute Gasteiger partial charge is 0.316 e. The van der Waals surface area contributed by atoms with Crippen LogP contribution in [0.15, 0.2) is 24.3 Å². The highest BCUT2D eigenvalue weighted by Crippen LogP contribution is 2.31. The van der Waals surface area contributed by atoms with Crippen LogP contribution in [0.4, 0.5) is 0 Å². The first-order valence-corrected chi connectivity index (χ1v) is 7.58. The smallest absolute Gasteiger partial charge is 0.0230 e. The molecular formula is C17H28N2. The van der Waals surface area contributed by atoms with Crippen LogP contribution in [0.5, 0.6) is 0 Å². The van der Waals surface area contributed by atoms with E-state index < -0.39 is 0 Å². The number of hydrogen-bond acceptors (Lipinski definition) is 2. The molecule has 1 aromatic carbocycles. The molecule has 1 aromatic rings. The van der Waals surface area contributed by atoms with Gasteiger partial charge >= 0.3 is 0 Å². The van der Waals surface area contributed by atoms with Gasteiger partial charge in [-0.25, -0.2) is 0 Å². The fourth-order valence-electron chi connectivity index (χ4n) is 3.21. The summed E-state index contributed by atoms with van der Waals surface area (Å²) in [7, 11) is 2.26. The average Bonchev–Trinajstić information content (AvgIpc) is 2.42. The van der Waals surface area contributed by atoms with Gasteiger partial charge in [0.05, 0.1) is 0 Å². The standard InChI is InChI=1S/C17H28N2/c1-4-17(10-5-11-18-13-17)14-19(3)12-16-8-6-15(2)7-9-16/h6-9,18H,4-5,10-14H2,1-3H3. The van der Waals surface area contributed by atoms with Crippen LogP contribution in [0.1, 0.15) is 37.3 Å². The summed E-state index contributed by atoms with van der Waals surface area (Å²) >= 11 is 0. The second kappa shape index (κ2) is 6.53. The summed E-state index contributed by atoms with van der Waals surface area (Å²) in [6.45, 7) is 9.12. The molecule has 19 heavy (non-hydrogen) atoms. The predicted molar refractivity (Wildman–Crippen MR) is 82.3 cm³/mol. The Morgan fingerprint density at radius 1 is 1.26 bits per heavy atom. The Labute approximate surface area is 118 Å². The fraction of sp³-hybridized carbons (Fsp3) is 0.647. The SMILES string of the molecule is CCC1(CN(C)Cc2ccc(C)cc2)CCCNC1. The molecule has 2 heteroatoms. The van der Waals surface area contributed by atoms with E-state index in [0.717, 1.165) is 6.54 Å². The summed E-state index contributed by atoms with van der Waals surface area (Å²) in [6.07, 6.45) is 3.97. The molecule has 0 amide bonds. The number of piperidine rings is 1. The van der Waals surface area contributed by atoms with Crippen LogP contribution < -0.4 is 5.32 Å². The molecule has 0 aromatic heterocycles. The van der Waals surface area contributed by atoms with Crippen LogP contribution in [-0.4, -0.2) is 31.6 Å². The molecule has 2 nitrogen and oxygen atoms in total. The molecule has 1 N–H and O–H groups in total. The van der Waals surface area contributed by atoms with Crippen molar-refractivity contribution >= 4 is 0 Å². The Morgan fingerprint density at radius 2 is 2.00 bits per heavy atom. The normalized spacial score (nSPS) is 23.8. The van der Waals surface area contributed by atoms with Crippen molar-refractivity contribution in [2.45, 2.75) is 39.7 Å². The van der Waals surface area contributed by atoms with E-state index >= 15 is 0 Å². The lowest BCUT2D eigenvalue weighted by Crippen LogP contribution is -2.46. The molecule has 1 atom stereocenters. The summed E-state index contributed by atoms with van der Waals surface area (Å²) in [5.74, 6) is 0. The third-order valence-electron chi connectivity index (χ3n) is 4.49. The van der Waals surface area contributed by atoms with Crippen LogP contribution >= 0.6 is 0 Å². The molecule has 0 radical (unpaired) electrons. The van der Waals surface area contributed by atoms with Gasteiger partial charge in [0, 0.05) is 19.6 Å². The van der Waals surface area contributed by atoms with Crippen molar-refractivity contribution in [2.24, 2.45) is 5.41 Å². The number of benzene rings is 1. The average molecular weight is 260 g/mol. The Kier molecular flexibility index (Phi) is 5.00. The maximum atomic E-state index is 3.58. The van der Waals surface area contributed by atoms with Crippen LogP contribution in [-0.2, 0) is 6.54 Å². The molecule has 0 aliphatic carbocycles. The van der Waals surface area contributed by atoms with Crippen LogP contribution in [0.2, 0.25) is 0 Å². The van der Waals surface area contributed by atoms with Gasteiger partial charge in [-0.15, -0.1) is 0 Å². The van der Waals surface area contributed by atoms with Gasteiger partial charge in [0.25, 0.3) is 0 Å². The lowest BCUT2D eigenvalue weighted by Gasteiger charge is -2.40. The Hall–Kier alpha value is -0.860. The van der Waals surface area contributed by atoms with Gasteiger partial charge in [0.1, 0.15) is 0 Å². The van der Waals surface area contributed by atoms with Gasteiger partial charge in [-0.05, 0) is 50.8 Å². The minimum atomic E-state index is 0.484. The maximum Gasteiger partial charge on any atom is 0.0230 e. The van der Waals surface area contributed by atoms with Crippen LogP contribution in [0.25, 0.3) is 0 Å². The van der Waals surface area contributed by atoms with Gasteiger partial charge in [-0.1, -0.05) is 36.8 Å². The molecule has 1 heterocycles. The van der Waals surface area contributed by atoms with Crippen molar-refractivity contribution in [3.8, 4) is 0 Å². The van der Waals surface area contributed by atoms with E-state index in [2.05, 4.69) is 55.4 Å². The highest BCUT2D eigenvalue weighted by atomic mass is 15.1. The minimum absolute atomic E-state index is 0.484. The summed E-state index contributed by atoms with van der Waals surface area (Å²) in [6, 6.07) is 8.93. The lowest BCUT2D eigenvalue weighted by atomic mass is 9.78. The molecule has 1 unspecified atom stereocenters. The van der Waals surface area contributed by atoms with Gasteiger partial charge in [0.2, 0.25) is 0 Å². The quantitative estimate of drug-likeness (QED) is 0.874. The van der Waals surface area contributed by atoms with Gasteiger partial charge in [0.15, 0.2) is 0 Å². The molecule has 1 saturated heterocycles. The predicted octanol–water partition coefficient (Wildman–Crippen LogP) is 3.21. The van der Waals surface area contributed by atoms with E-state index in [1.165, 1.54) is 50.0 Å². The first-order chi connectivity index (χ1) is 9.13. The first-order valence-electron chi connectivity index (χ1n) is 7.58. The number of nitrogens with one attached hydrogen (secondary N) is 1. The number of nitrogens with zero attached hydrogens (tertiary/aromatic N) is 1. The zero-order valence-electron chi connectivity index (χ0n) is 12.7. The summed E-state index contributed by atoms with van der Waals surface area (Å²) in [4.78, 5) is 2.49. The second-order valence-electron chi connectivity index (χ2n) is 6.29. The fourth-order valence-corrected chi connectivity index (χ4v) is 3.21. The van der Waals surface area contributed by atoms with Crippen molar-refractivity contribution in [1.82, 2.24) is 10.2 Å². The van der Waals surface area contributed by atoms with Crippen molar-refractivity contribution in [2.75, 3.05) is 26.7 Å². The first kappa shape index (κ1) is 14.5. The highest BCUT2D eigenvalue weighted by Gasteiger charge is 2.31. The minimum Gasteiger partial charge on any atom is -0.316 e. The molecule has 1 aliphatic heterocycles. The van der Waals surface area contributed by atoms with E-state index in [4.69, 9.17) is 0 Å². The molecule has 2 rings (SSSR count). The monoisotopic (exact) mass is 260 g/mol. The molecule has 106 valence electrons. The van der Waals surface area contributed by atoms with Gasteiger partial charge in [-0.2, -0.15) is 0 Å². The number of aryl methyl sites for hydroxylation is 1. The van der Waals surface area contributed by atoms with E-state index in [0.29, 0.717) is 5.41 Å². The Morgan fingerprint density at radius 3 is 2.58 bits per heavy atom. The van der Waals surface area contributed by atoms with Crippen molar-refractivity contribution < 1.29 is 0 Å². The third kappa shape index (κ3) is 4.05. The molecule has 0 saturated carbocycles. The third-order valence-corrected chi connectivity index (χ3v) is 4.49. The Bertz CT molecular complexity index is 377. The van der Waals surface area contributed by atoms with Crippen molar-refractivity contribution in [1.29, 1.82) is 0 Å². The molecule has 1 fully saturated rings. The molecule has 0 spiro atoms. The molecule has 0 bridgehead atoms. The van der Waals surface area contributed by atoms with Crippen LogP contribution in [0, 0.1) is 12.3 Å². The topological polar surface area (TPSA) is 15.3 Å². The van der Waals surface area contributed by atoms with E-state index in [1.807, 2.05) is 0 Å². The number of rotatable bonds is 5. The van der Waals surface area contributed by atoms with Crippen LogP contribution in [0.3, 0.4) is 0 Å². The second-order valence-corrected chi connectivity index (χ2v) is 6.29. The highest BCUT2D eigenvalue weighted by molar-refractivity contribution is 5.21. The van der Waals surface area contributed by atoms with Crippen molar-refractivity contribution in [3.05, 3.63) is 35.4 Å².